The van der Waals surface area contributed by atoms with E-state index < -0.39 is 10.0 Å². The molecular formula is C14H23ClN2O3S. The zero-order chi connectivity index (χ0) is 16.3. The number of hydrogen-bond donors (Lipinski definition) is 2. The molecule has 0 heterocycles. The average Bonchev–Trinajstić information content (AvgIpc) is 2.31. The van der Waals surface area contributed by atoms with Crippen LogP contribution in [0, 0.1) is 0 Å². The van der Waals surface area contributed by atoms with Gasteiger partial charge in [0.15, 0.2) is 0 Å². The van der Waals surface area contributed by atoms with E-state index in [0.717, 1.165) is 12.7 Å². The molecule has 0 saturated heterocycles. The molecule has 1 atom stereocenters. The van der Waals surface area contributed by atoms with Crippen molar-refractivity contribution in [2.24, 2.45) is 0 Å². The summed E-state index contributed by atoms with van der Waals surface area (Å²) < 4.78 is 30.4. The third-order valence-corrected chi connectivity index (χ3v) is 3.96. The molecule has 0 aliphatic rings. The van der Waals surface area contributed by atoms with Gasteiger partial charge in [-0.3, -0.25) is 4.72 Å². The summed E-state index contributed by atoms with van der Waals surface area (Å²) in [6.45, 7) is 6.04. The molecule has 5 nitrogen and oxygen atoms in total. The molecule has 0 bridgehead atoms. The van der Waals surface area contributed by atoms with Crippen molar-refractivity contribution in [3.63, 3.8) is 0 Å². The van der Waals surface area contributed by atoms with Crippen LogP contribution in [0.3, 0.4) is 0 Å². The first-order valence-electron chi connectivity index (χ1n) is 6.61. The minimum absolute atomic E-state index is 0.117. The van der Waals surface area contributed by atoms with Gasteiger partial charge in [-0.2, -0.15) is 0 Å². The van der Waals surface area contributed by atoms with E-state index in [-0.39, 0.29) is 11.6 Å². The van der Waals surface area contributed by atoms with Gasteiger partial charge in [-0.1, -0.05) is 11.6 Å². The number of methoxy groups -OCH3 is 1. The minimum Gasteiger partial charge on any atom is -0.381 e. The SMILES string of the molecule is COC(C)(C)CC(C)Nc1cc(NS(C)(=O)=O)ccc1Cl. The molecule has 2 N–H and O–H groups in total. The molecule has 1 unspecified atom stereocenters. The Bertz CT molecular complexity index is 588. The lowest BCUT2D eigenvalue weighted by atomic mass is 9.99. The second kappa shape index (κ2) is 6.85. The molecule has 120 valence electrons. The highest BCUT2D eigenvalue weighted by atomic mass is 35.5. The van der Waals surface area contributed by atoms with Gasteiger partial charge in [-0.25, -0.2) is 8.42 Å². The number of hydrogen-bond acceptors (Lipinski definition) is 4. The Morgan fingerprint density at radius 1 is 1.38 bits per heavy atom. The maximum Gasteiger partial charge on any atom is 0.229 e. The summed E-state index contributed by atoms with van der Waals surface area (Å²) in [5.41, 5.74) is 0.911. The van der Waals surface area contributed by atoms with Gasteiger partial charge in [-0.05, 0) is 45.4 Å². The first-order valence-corrected chi connectivity index (χ1v) is 8.88. The highest BCUT2D eigenvalue weighted by molar-refractivity contribution is 7.92. The van der Waals surface area contributed by atoms with Crippen LogP contribution in [0.15, 0.2) is 18.2 Å². The molecule has 0 radical (unpaired) electrons. The van der Waals surface area contributed by atoms with Crippen LogP contribution in [-0.4, -0.2) is 33.4 Å². The molecule has 1 aromatic carbocycles. The van der Waals surface area contributed by atoms with Crippen molar-refractivity contribution in [3.8, 4) is 0 Å². The van der Waals surface area contributed by atoms with E-state index in [4.69, 9.17) is 16.3 Å². The number of nitrogens with one attached hydrogen (secondary N) is 2. The van der Waals surface area contributed by atoms with Crippen LogP contribution >= 0.6 is 11.6 Å². The third-order valence-electron chi connectivity index (χ3n) is 3.02. The molecule has 0 aliphatic carbocycles. The summed E-state index contributed by atoms with van der Waals surface area (Å²) >= 11 is 6.15. The molecule has 0 fully saturated rings. The molecule has 0 amide bonds. The van der Waals surface area contributed by atoms with E-state index >= 15 is 0 Å². The first-order chi connectivity index (χ1) is 9.52. The Morgan fingerprint density at radius 3 is 2.52 bits per heavy atom. The lowest BCUT2D eigenvalue weighted by molar-refractivity contribution is 0.0128. The van der Waals surface area contributed by atoms with Crippen LogP contribution in [0.1, 0.15) is 27.2 Å². The van der Waals surface area contributed by atoms with Crippen molar-refractivity contribution in [2.75, 3.05) is 23.4 Å². The topological polar surface area (TPSA) is 67.4 Å². The number of rotatable bonds is 7. The molecule has 0 spiro atoms. The molecule has 7 heteroatoms. The summed E-state index contributed by atoms with van der Waals surface area (Å²) in [6, 6.07) is 5.08. The standard InChI is InChI=1S/C14H23ClN2O3S/c1-10(9-14(2,3)20-4)16-13-8-11(6-7-12(13)15)17-21(5,18)19/h6-8,10,16-17H,9H2,1-5H3. The molecule has 0 aromatic heterocycles. The number of halogens is 1. The van der Waals surface area contributed by atoms with E-state index in [2.05, 4.69) is 10.0 Å². The monoisotopic (exact) mass is 334 g/mol. The Hall–Kier alpha value is -0.980. The van der Waals surface area contributed by atoms with Gasteiger partial charge < -0.3 is 10.1 Å². The summed E-state index contributed by atoms with van der Waals surface area (Å²) in [7, 11) is -1.63. The van der Waals surface area contributed by atoms with Crippen LogP contribution in [0.4, 0.5) is 11.4 Å². The highest BCUT2D eigenvalue weighted by Gasteiger charge is 2.20. The van der Waals surface area contributed by atoms with Crippen molar-refractivity contribution < 1.29 is 13.2 Å². The van der Waals surface area contributed by atoms with Crippen LogP contribution < -0.4 is 10.0 Å². The Kier molecular flexibility index (Phi) is 5.90. The Labute approximate surface area is 132 Å². The van der Waals surface area contributed by atoms with E-state index in [1.54, 1.807) is 25.3 Å². The van der Waals surface area contributed by atoms with Crippen LogP contribution in [0.2, 0.25) is 5.02 Å². The van der Waals surface area contributed by atoms with E-state index in [0.29, 0.717) is 16.4 Å². The van der Waals surface area contributed by atoms with Crippen molar-refractivity contribution >= 4 is 33.0 Å². The molecule has 0 saturated carbocycles. The third kappa shape index (κ3) is 6.54. The van der Waals surface area contributed by atoms with Gasteiger partial charge in [0.25, 0.3) is 0 Å². The predicted molar refractivity (Wildman–Crippen MR) is 88.7 cm³/mol. The molecule has 21 heavy (non-hydrogen) atoms. The summed E-state index contributed by atoms with van der Waals surface area (Å²) in [4.78, 5) is 0. The quantitative estimate of drug-likeness (QED) is 0.802. The molecule has 1 aromatic rings. The van der Waals surface area contributed by atoms with Gasteiger partial charge >= 0.3 is 0 Å². The highest BCUT2D eigenvalue weighted by Crippen LogP contribution is 2.28. The van der Waals surface area contributed by atoms with E-state index in [1.165, 1.54) is 0 Å². The second-order valence-corrected chi connectivity index (χ2v) is 7.94. The number of ether oxygens (including phenoxy) is 1. The fraction of sp³-hybridized carbons (Fsp3) is 0.571. The van der Waals surface area contributed by atoms with Crippen LogP contribution in [0.25, 0.3) is 0 Å². The molecule has 0 aliphatic heterocycles. The van der Waals surface area contributed by atoms with Crippen molar-refractivity contribution in [1.82, 2.24) is 0 Å². The summed E-state index contributed by atoms with van der Waals surface area (Å²) in [5, 5.41) is 3.82. The van der Waals surface area contributed by atoms with E-state index in [9.17, 15) is 8.42 Å². The zero-order valence-electron chi connectivity index (χ0n) is 13.0. The van der Waals surface area contributed by atoms with Gasteiger partial charge in [0.05, 0.1) is 28.3 Å². The smallest absolute Gasteiger partial charge is 0.229 e. The largest absolute Gasteiger partial charge is 0.381 e. The normalized spacial score (nSPS) is 13.8. The van der Waals surface area contributed by atoms with Crippen LogP contribution in [-0.2, 0) is 14.8 Å². The fourth-order valence-electron chi connectivity index (χ4n) is 2.05. The lowest BCUT2D eigenvalue weighted by Gasteiger charge is -2.28. The van der Waals surface area contributed by atoms with Gasteiger partial charge in [0.2, 0.25) is 10.0 Å². The Balaban J connectivity index is 2.85. The van der Waals surface area contributed by atoms with Crippen molar-refractivity contribution in [1.29, 1.82) is 0 Å². The number of benzene rings is 1. The van der Waals surface area contributed by atoms with Gasteiger partial charge in [0.1, 0.15) is 0 Å². The maximum absolute atomic E-state index is 11.3. The fourth-order valence-corrected chi connectivity index (χ4v) is 2.78. The van der Waals surface area contributed by atoms with Gasteiger partial charge in [0, 0.05) is 13.2 Å². The summed E-state index contributed by atoms with van der Waals surface area (Å²) in [5.74, 6) is 0. The number of sulfonamides is 1. The lowest BCUT2D eigenvalue weighted by Crippen LogP contribution is -2.31. The van der Waals surface area contributed by atoms with Crippen molar-refractivity contribution in [3.05, 3.63) is 23.2 Å². The van der Waals surface area contributed by atoms with Crippen molar-refractivity contribution in [2.45, 2.75) is 38.8 Å². The molecule has 1 rings (SSSR count). The van der Waals surface area contributed by atoms with Crippen LogP contribution in [0.5, 0.6) is 0 Å². The Morgan fingerprint density at radius 2 is 2.00 bits per heavy atom. The summed E-state index contributed by atoms with van der Waals surface area (Å²) in [6.07, 6.45) is 1.89. The zero-order valence-corrected chi connectivity index (χ0v) is 14.6. The molecular weight excluding hydrogens is 312 g/mol. The van der Waals surface area contributed by atoms with E-state index in [1.807, 2.05) is 20.8 Å². The van der Waals surface area contributed by atoms with Gasteiger partial charge in [-0.15, -0.1) is 0 Å². The second-order valence-electron chi connectivity index (χ2n) is 5.78. The maximum atomic E-state index is 11.3. The first kappa shape index (κ1) is 18.1. The average molecular weight is 335 g/mol. The number of anilines is 2. The predicted octanol–water partition coefficient (Wildman–Crippen LogP) is 3.33. The minimum atomic E-state index is -3.31.